The van der Waals surface area contributed by atoms with E-state index in [1.165, 1.54) is 4.90 Å². The van der Waals surface area contributed by atoms with Crippen LogP contribution < -0.4 is 5.32 Å². The zero-order valence-electron chi connectivity index (χ0n) is 11.8. The molecule has 1 atom stereocenters. The Morgan fingerprint density at radius 2 is 2.10 bits per heavy atom. The Morgan fingerprint density at radius 1 is 1.45 bits per heavy atom. The second kappa shape index (κ2) is 7.28. The molecule has 2 N–H and O–H groups in total. The highest BCUT2D eigenvalue weighted by molar-refractivity contribution is 9.10. The van der Waals surface area contributed by atoms with Gasteiger partial charge in [0, 0.05) is 24.6 Å². The molecular formula is C14H19BrN2O3. The summed E-state index contributed by atoms with van der Waals surface area (Å²) < 4.78 is 0.974. The van der Waals surface area contributed by atoms with Gasteiger partial charge in [-0.15, -0.1) is 0 Å². The molecule has 6 heteroatoms. The minimum absolute atomic E-state index is 0.177. The number of benzene rings is 1. The molecule has 0 aliphatic carbocycles. The molecule has 0 aliphatic rings. The summed E-state index contributed by atoms with van der Waals surface area (Å²) in [5, 5.41) is 11.6. The number of aryl methyl sites for hydroxylation is 1. The molecule has 0 saturated carbocycles. The highest BCUT2D eigenvalue weighted by atomic mass is 79.9. The van der Waals surface area contributed by atoms with E-state index in [0.717, 1.165) is 15.6 Å². The topological polar surface area (TPSA) is 69.6 Å². The van der Waals surface area contributed by atoms with Crippen molar-refractivity contribution in [3.63, 3.8) is 0 Å². The summed E-state index contributed by atoms with van der Waals surface area (Å²) in [6.07, 6.45) is 0. The van der Waals surface area contributed by atoms with Crippen LogP contribution in [-0.2, 0) is 11.3 Å². The van der Waals surface area contributed by atoms with Gasteiger partial charge in [0.2, 0.25) is 0 Å². The maximum Gasteiger partial charge on any atom is 0.317 e. The summed E-state index contributed by atoms with van der Waals surface area (Å²) in [5.74, 6) is -1.50. The summed E-state index contributed by atoms with van der Waals surface area (Å²) in [6, 6.07) is 5.55. The Kier molecular flexibility index (Phi) is 6.01. The number of carboxylic acid groups (broad SMARTS) is 1. The van der Waals surface area contributed by atoms with E-state index in [1.807, 2.05) is 25.1 Å². The van der Waals surface area contributed by atoms with Crippen LogP contribution in [0.3, 0.4) is 0 Å². The monoisotopic (exact) mass is 342 g/mol. The van der Waals surface area contributed by atoms with Crippen molar-refractivity contribution in [1.29, 1.82) is 0 Å². The van der Waals surface area contributed by atoms with Gasteiger partial charge in [0.05, 0.1) is 5.92 Å². The van der Waals surface area contributed by atoms with Crippen molar-refractivity contribution in [2.75, 3.05) is 13.6 Å². The number of halogens is 1. The molecule has 0 saturated heterocycles. The lowest BCUT2D eigenvalue weighted by Gasteiger charge is -2.20. The van der Waals surface area contributed by atoms with Crippen molar-refractivity contribution in [2.45, 2.75) is 20.4 Å². The van der Waals surface area contributed by atoms with Crippen molar-refractivity contribution >= 4 is 27.9 Å². The predicted octanol–water partition coefficient (Wildman–Crippen LogP) is 2.62. The average Bonchev–Trinajstić information content (AvgIpc) is 2.39. The van der Waals surface area contributed by atoms with E-state index in [0.29, 0.717) is 6.54 Å². The number of nitrogens with one attached hydrogen (secondary N) is 1. The van der Waals surface area contributed by atoms with Gasteiger partial charge in [-0.2, -0.15) is 0 Å². The van der Waals surface area contributed by atoms with Crippen LogP contribution in [0.2, 0.25) is 0 Å². The smallest absolute Gasteiger partial charge is 0.317 e. The standard InChI is InChI=1S/C14H19BrN2O3/c1-9-5-4-6-11(12(9)15)7-16-14(20)17(3)8-10(2)13(18)19/h4-6,10H,7-8H2,1-3H3,(H,16,20)(H,18,19). The lowest BCUT2D eigenvalue weighted by atomic mass is 10.1. The quantitative estimate of drug-likeness (QED) is 0.864. The van der Waals surface area contributed by atoms with Crippen molar-refractivity contribution in [3.8, 4) is 0 Å². The van der Waals surface area contributed by atoms with Gasteiger partial charge in [0.15, 0.2) is 0 Å². The number of amides is 2. The van der Waals surface area contributed by atoms with Crippen LogP contribution >= 0.6 is 15.9 Å². The molecule has 0 bridgehead atoms. The summed E-state index contributed by atoms with van der Waals surface area (Å²) >= 11 is 3.48. The van der Waals surface area contributed by atoms with Crippen molar-refractivity contribution in [1.82, 2.24) is 10.2 Å². The molecule has 0 fully saturated rings. The first-order valence-electron chi connectivity index (χ1n) is 6.28. The molecule has 0 heterocycles. The number of carbonyl (C=O) groups excluding carboxylic acids is 1. The van der Waals surface area contributed by atoms with E-state index in [1.54, 1.807) is 14.0 Å². The number of carbonyl (C=O) groups is 2. The molecule has 2 amide bonds. The maximum atomic E-state index is 11.9. The summed E-state index contributed by atoms with van der Waals surface area (Å²) in [7, 11) is 1.58. The number of rotatable bonds is 5. The number of carboxylic acids is 1. The third-order valence-electron chi connectivity index (χ3n) is 3.02. The fraction of sp³-hybridized carbons (Fsp3) is 0.429. The molecule has 0 radical (unpaired) electrons. The van der Waals surface area contributed by atoms with Crippen LogP contribution in [0.1, 0.15) is 18.1 Å². The van der Waals surface area contributed by atoms with Crippen LogP contribution in [0.5, 0.6) is 0 Å². The zero-order valence-corrected chi connectivity index (χ0v) is 13.4. The Morgan fingerprint density at radius 3 is 2.70 bits per heavy atom. The molecule has 0 spiro atoms. The van der Waals surface area contributed by atoms with E-state index >= 15 is 0 Å². The van der Waals surface area contributed by atoms with Gasteiger partial charge in [-0.25, -0.2) is 4.79 Å². The number of nitrogens with zero attached hydrogens (tertiary/aromatic N) is 1. The molecule has 5 nitrogen and oxygen atoms in total. The largest absolute Gasteiger partial charge is 0.481 e. The summed E-state index contributed by atoms with van der Waals surface area (Å²) in [6.45, 7) is 4.13. The molecule has 1 rings (SSSR count). The highest BCUT2D eigenvalue weighted by Gasteiger charge is 2.17. The Balaban J connectivity index is 2.54. The molecule has 1 unspecified atom stereocenters. The van der Waals surface area contributed by atoms with Gasteiger partial charge in [0.1, 0.15) is 0 Å². The van der Waals surface area contributed by atoms with Crippen LogP contribution in [-0.4, -0.2) is 35.6 Å². The molecule has 0 aliphatic heterocycles. The van der Waals surface area contributed by atoms with E-state index in [9.17, 15) is 9.59 Å². The summed E-state index contributed by atoms with van der Waals surface area (Å²) in [4.78, 5) is 24.0. The van der Waals surface area contributed by atoms with E-state index in [4.69, 9.17) is 5.11 Å². The van der Waals surface area contributed by atoms with Crippen LogP contribution in [0.25, 0.3) is 0 Å². The SMILES string of the molecule is Cc1cccc(CNC(=O)N(C)CC(C)C(=O)O)c1Br. The Hall–Kier alpha value is -1.56. The normalized spacial score (nSPS) is 11.8. The third-order valence-corrected chi connectivity index (χ3v) is 4.15. The number of hydrogen-bond acceptors (Lipinski definition) is 2. The summed E-state index contributed by atoms with van der Waals surface area (Å²) in [5.41, 5.74) is 2.09. The number of aliphatic carboxylic acids is 1. The van der Waals surface area contributed by atoms with Crippen molar-refractivity contribution in [2.24, 2.45) is 5.92 Å². The van der Waals surface area contributed by atoms with Crippen LogP contribution in [0.4, 0.5) is 4.79 Å². The fourth-order valence-electron chi connectivity index (χ4n) is 1.72. The van der Waals surface area contributed by atoms with Gasteiger partial charge >= 0.3 is 12.0 Å². The lowest BCUT2D eigenvalue weighted by Crippen LogP contribution is -2.40. The molecule has 20 heavy (non-hydrogen) atoms. The van der Waals surface area contributed by atoms with Gasteiger partial charge in [-0.1, -0.05) is 41.1 Å². The van der Waals surface area contributed by atoms with Crippen LogP contribution in [0, 0.1) is 12.8 Å². The Labute approximate surface area is 127 Å². The highest BCUT2D eigenvalue weighted by Crippen LogP contribution is 2.20. The van der Waals surface area contributed by atoms with E-state index in [2.05, 4.69) is 21.2 Å². The number of urea groups is 1. The molecule has 110 valence electrons. The number of hydrogen-bond donors (Lipinski definition) is 2. The first-order valence-corrected chi connectivity index (χ1v) is 7.08. The van der Waals surface area contributed by atoms with Crippen molar-refractivity contribution in [3.05, 3.63) is 33.8 Å². The average molecular weight is 343 g/mol. The lowest BCUT2D eigenvalue weighted by molar-refractivity contribution is -0.141. The first-order chi connectivity index (χ1) is 9.32. The zero-order chi connectivity index (χ0) is 15.3. The maximum absolute atomic E-state index is 11.9. The minimum atomic E-state index is -0.911. The van der Waals surface area contributed by atoms with Gasteiger partial charge < -0.3 is 15.3 Å². The predicted molar refractivity (Wildman–Crippen MR) is 80.5 cm³/mol. The van der Waals surface area contributed by atoms with Gasteiger partial charge in [-0.3, -0.25) is 4.79 Å². The first kappa shape index (κ1) is 16.5. The van der Waals surface area contributed by atoms with Crippen molar-refractivity contribution < 1.29 is 14.7 Å². The fourth-order valence-corrected chi connectivity index (χ4v) is 2.13. The third kappa shape index (κ3) is 4.52. The van der Waals surface area contributed by atoms with Gasteiger partial charge in [0.25, 0.3) is 0 Å². The van der Waals surface area contributed by atoms with Gasteiger partial charge in [-0.05, 0) is 18.1 Å². The molecular weight excluding hydrogens is 324 g/mol. The second-order valence-corrected chi connectivity index (χ2v) is 5.62. The van der Waals surface area contributed by atoms with E-state index in [-0.39, 0.29) is 12.6 Å². The second-order valence-electron chi connectivity index (χ2n) is 4.83. The molecule has 1 aromatic carbocycles. The minimum Gasteiger partial charge on any atom is -0.481 e. The molecule has 0 aromatic heterocycles. The Bertz CT molecular complexity index is 505. The molecule has 1 aromatic rings. The van der Waals surface area contributed by atoms with E-state index < -0.39 is 11.9 Å². The van der Waals surface area contributed by atoms with Crippen LogP contribution in [0.15, 0.2) is 22.7 Å².